The average Bonchev–Trinajstić information content (AvgIpc) is 2.98. The van der Waals surface area contributed by atoms with E-state index < -0.39 is 0 Å². The van der Waals surface area contributed by atoms with Gasteiger partial charge in [0.2, 0.25) is 0 Å². The van der Waals surface area contributed by atoms with E-state index in [1.165, 1.54) is 49.8 Å². The van der Waals surface area contributed by atoms with Crippen LogP contribution in [-0.2, 0) is 0 Å². The van der Waals surface area contributed by atoms with Gasteiger partial charge in [0.1, 0.15) is 0 Å². The van der Waals surface area contributed by atoms with E-state index in [4.69, 9.17) is 5.73 Å². The first-order chi connectivity index (χ1) is 10.2. The van der Waals surface area contributed by atoms with Gasteiger partial charge in [-0.3, -0.25) is 4.90 Å². The predicted molar refractivity (Wildman–Crippen MR) is 89.3 cm³/mol. The molecule has 1 aromatic rings. The molecule has 1 saturated heterocycles. The Kier molecular flexibility index (Phi) is 4.66. The second-order valence-corrected chi connectivity index (χ2v) is 7.07. The van der Waals surface area contributed by atoms with Crippen molar-refractivity contribution in [3.05, 3.63) is 35.4 Å². The second-order valence-electron chi connectivity index (χ2n) is 7.07. The molecule has 21 heavy (non-hydrogen) atoms. The first kappa shape index (κ1) is 15.1. The first-order valence-corrected chi connectivity index (χ1v) is 8.78. The zero-order valence-corrected chi connectivity index (χ0v) is 13.6. The zero-order valence-electron chi connectivity index (χ0n) is 13.6. The Hall–Kier alpha value is -0.860. The maximum atomic E-state index is 6.56. The molecule has 1 aliphatic heterocycles. The fraction of sp³-hybridized carbons (Fsp3) is 0.684. The van der Waals surface area contributed by atoms with E-state index >= 15 is 0 Å². The van der Waals surface area contributed by atoms with E-state index in [9.17, 15) is 0 Å². The normalized spacial score (nSPS) is 29.1. The molecule has 1 aliphatic carbocycles. The van der Waals surface area contributed by atoms with Crippen molar-refractivity contribution < 1.29 is 0 Å². The number of aryl methyl sites for hydroxylation is 1. The number of piperidine rings is 1. The lowest BCUT2D eigenvalue weighted by Crippen LogP contribution is -2.50. The van der Waals surface area contributed by atoms with Gasteiger partial charge >= 0.3 is 0 Å². The molecule has 2 heteroatoms. The largest absolute Gasteiger partial charge is 0.326 e. The van der Waals surface area contributed by atoms with Crippen molar-refractivity contribution in [3.63, 3.8) is 0 Å². The molecule has 1 saturated carbocycles. The van der Waals surface area contributed by atoms with Gasteiger partial charge in [-0.05, 0) is 57.1 Å². The van der Waals surface area contributed by atoms with Gasteiger partial charge in [0, 0.05) is 12.1 Å². The number of fused-ring (bicyclic) bond motifs is 1. The summed E-state index contributed by atoms with van der Waals surface area (Å²) >= 11 is 0. The third-order valence-electron chi connectivity index (χ3n) is 5.69. The highest BCUT2D eigenvalue weighted by Crippen LogP contribution is 2.41. The van der Waals surface area contributed by atoms with Gasteiger partial charge in [-0.2, -0.15) is 0 Å². The Morgan fingerprint density at radius 2 is 1.86 bits per heavy atom. The highest BCUT2D eigenvalue weighted by molar-refractivity contribution is 5.26. The van der Waals surface area contributed by atoms with Crippen LogP contribution in [0, 0.1) is 12.8 Å². The summed E-state index contributed by atoms with van der Waals surface area (Å²) in [6, 6.07) is 10.5. The first-order valence-electron chi connectivity index (χ1n) is 8.78. The summed E-state index contributed by atoms with van der Waals surface area (Å²) in [6.45, 7) is 5.61. The van der Waals surface area contributed by atoms with E-state index in [-0.39, 0.29) is 6.04 Å². The minimum absolute atomic E-state index is 0.243. The van der Waals surface area contributed by atoms with Crippen LogP contribution in [0.1, 0.15) is 62.6 Å². The van der Waals surface area contributed by atoms with E-state index in [1.807, 2.05) is 0 Å². The number of hydrogen-bond donors (Lipinski definition) is 1. The molecule has 0 aromatic heterocycles. The van der Waals surface area contributed by atoms with Gasteiger partial charge in [-0.25, -0.2) is 0 Å². The van der Waals surface area contributed by atoms with Crippen LogP contribution in [0.15, 0.2) is 24.3 Å². The molecule has 0 radical (unpaired) electrons. The van der Waals surface area contributed by atoms with E-state index in [0.29, 0.717) is 6.04 Å². The van der Waals surface area contributed by atoms with Crippen molar-refractivity contribution in [1.82, 2.24) is 4.90 Å². The van der Waals surface area contributed by atoms with Gasteiger partial charge < -0.3 is 5.73 Å². The summed E-state index contributed by atoms with van der Waals surface area (Å²) in [5, 5.41) is 0. The Labute approximate surface area is 129 Å². The molecule has 1 heterocycles. The summed E-state index contributed by atoms with van der Waals surface area (Å²) in [7, 11) is 0. The van der Waals surface area contributed by atoms with Crippen LogP contribution < -0.4 is 5.73 Å². The van der Waals surface area contributed by atoms with Crippen molar-refractivity contribution >= 4 is 0 Å². The van der Waals surface area contributed by atoms with Crippen LogP contribution in [0.25, 0.3) is 0 Å². The van der Waals surface area contributed by atoms with Gasteiger partial charge in [-0.15, -0.1) is 0 Å². The standard InChI is InChI=1S/C19H30N2/c1-3-17(20)19(16-11-9-14(2)10-12-16)21-13-5-7-15-6-4-8-18(15)21/h9-12,15,17-19H,3-8,13,20H2,1-2H3. The third-order valence-corrected chi connectivity index (χ3v) is 5.69. The molecule has 0 bridgehead atoms. The lowest BCUT2D eigenvalue weighted by molar-refractivity contribution is 0.0538. The lowest BCUT2D eigenvalue weighted by Gasteiger charge is -2.45. The van der Waals surface area contributed by atoms with Crippen molar-refractivity contribution in [2.45, 2.75) is 70.5 Å². The molecule has 0 amide bonds. The smallest absolute Gasteiger partial charge is 0.0502 e. The quantitative estimate of drug-likeness (QED) is 0.905. The Balaban J connectivity index is 1.89. The van der Waals surface area contributed by atoms with Crippen LogP contribution in [0.5, 0.6) is 0 Å². The van der Waals surface area contributed by atoms with Crippen molar-refractivity contribution in [2.75, 3.05) is 6.54 Å². The minimum Gasteiger partial charge on any atom is -0.326 e. The third kappa shape index (κ3) is 3.02. The van der Waals surface area contributed by atoms with E-state index in [1.54, 1.807) is 0 Å². The van der Waals surface area contributed by atoms with Gasteiger partial charge in [0.15, 0.2) is 0 Å². The molecule has 3 rings (SSSR count). The fourth-order valence-electron chi connectivity index (χ4n) is 4.51. The topological polar surface area (TPSA) is 29.3 Å². The van der Waals surface area contributed by atoms with Crippen molar-refractivity contribution in [2.24, 2.45) is 11.7 Å². The Morgan fingerprint density at radius 1 is 1.14 bits per heavy atom. The summed E-state index contributed by atoms with van der Waals surface area (Å²) in [6.07, 6.45) is 8.05. The Morgan fingerprint density at radius 3 is 2.57 bits per heavy atom. The molecule has 1 aromatic carbocycles. The predicted octanol–water partition coefficient (Wildman–Crippen LogP) is 4.04. The Bertz CT molecular complexity index is 453. The maximum Gasteiger partial charge on any atom is 0.0502 e. The number of hydrogen-bond acceptors (Lipinski definition) is 2. The van der Waals surface area contributed by atoms with Crippen molar-refractivity contribution in [1.29, 1.82) is 0 Å². The summed E-state index contributed by atoms with van der Waals surface area (Å²) in [5.41, 5.74) is 9.31. The van der Waals surface area contributed by atoms with Crippen molar-refractivity contribution in [3.8, 4) is 0 Å². The van der Waals surface area contributed by atoms with E-state index in [2.05, 4.69) is 43.0 Å². The number of benzene rings is 1. The molecule has 116 valence electrons. The van der Waals surface area contributed by atoms with Crippen LogP contribution in [0.4, 0.5) is 0 Å². The molecular formula is C19H30N2. The monoisotopic (exact) mass is 286 g/mol. The summed E-state index contributed by atoms with van der Waals surface area (Å²) in [5.74, 6) is 0.927. The van der Waals surface area contributed by atoms with Gasteiger partial charge in [-0.1, -0.05) is 43.2 Å². The van der Waals surface area contributed by atoms with Crippen LogP contribution in [-0.4, -0.2) is 23.5 Å². The highest BCUT2D eigenvalue weighted by Gasteiger charge is 2.39. The molecule has 4 unspecified atom stereocenters. The minimum atomic E-state index is 0.243. The number of rotatable bonds is 4. The SMILES string of the molecule is CCC(N)C(c1ccc(C)cc1)N1CCCC2CCCC21. The zero-order chi connectivity index (χ0) is 14.8. The summed E-state index contributed by atoms with van der Waals surface area (Å²) < 4.78 is 0. The molecular weight excluding hydrogens is 256 g/mol. The molecule has 2 nitrogen and oxygen atoms in total. The van der Waals surface area contributed by atoms with Gasteiger partial charge in [0.05, 0.1) is 6.04 Å². The lowest BCUT2D eigenvalue weighted by atomic mass is 9.86. The molecule has 2 aliphatic rings. The maximum absolute atomic E-state index is 6.56. The van der Waals surface area contributed by atoms with Gasteiger partial charge in [0.25, 0.3) is 0 Å². The van der Waals surface area contributed by atoms with Crippen LogP contribution in [0.2, 0.25) is 0 Å². The second kappa shape index (κ2) is 6.50. The van der Waals surface area contributed by atoms with Crippen LogP contribution >= 0.6 is 0 Å². The highest BCUT2D eigenvalue weighted by atomic mass is 15.2. The molecule has 2 N–H and O–H groups in total. The van der Waals surface area contributed by atoms with Crippen LogP contribution in [0.3, 0.4) is 0 Å². The number of nitrogens with zero attached hydrogens (tertiary/aromatic N) is 1. The number of nitrogens with two attached hydrogens (primary N) is 1. The summed E-state index contributed by atoms with van der Waals surface area (Å²) in [4.78, 5) is 2.76. The molecule has 0 spiro atoms. The number of likely N-dealkylation sites (tertiary alicyclic amines) is 1. The van der Waals surface area contributed by atoms with E-state index in [0.717, 1.165) is 18.4 Å². The average molecular weight is 286 g/mol. The molecule has 4 atom stereocenters. The molecule has 2 fully saturated rings. The fourth-order valence-corrected chi connectivity index (χ4v) is 4.51.